The summed E-state index contributed by atoms with van der Waals surface area (Å²) >= 11 is 0. The van der Waals surface area contributed by atoms with Gasteiger partial charge in [0.05, 0.1) is 40.2 Å². The number of hydrogen-bond acceptors (Lipinski definition) is 10. The van der Waals surface area contributed by atoms with Gasteiger partial charge in [-0.3, -0.25) is 9.80 Å². The Kier molecular flexibility index (Phi) is 8.35. The number of benzene rings is 2. The fraction of sp³-hybridized carbons (Fsp3) is 0.370. The predicted molar refractivity (Wildman–Crippen MR) is 149 cm³/mol. The van der Waals surface area contributed by atoms with E-state index in [2.05, 4.69) is 5.10 Å². The maximum Gasteiger partial charge on any atom is 0.435 e. The summed E-state index contributed by atoms with van der Waals surface area (Å²) in [5, 5.41) is 6.22. The van der Waals surface area contributed by atoms with Crippen molar-refractivity contribution < 1.29 is 50.1 Å². The van der Waals surface area contributed by atoms with Crippen molar-refractivity contribution in [2.75, 3.05) is 18.1 Å². The zero-order chi connectivity index (χ0) is 32.7. The van der Waals surface area contributed by atoms with Gasteiger partial charge >= 0.3 is 18.2 Å². The molecule has 5 rings (SSSR count). The Labute approximate surface area is 254 Å². The molecule has 1 fully saturated rings. The Morgan fingerprint density at radius 3 is 2.29 bits per heavy atom. The van der Waals surface area contributed by atoms with Crippen molar-refractivity contribution in [3.63, 3.8) is 0 Å². The first-order valence-corrected chi connectivity index (χ1v) is 15.1. The van der Waals surface area contributed by atoms with E-state index in [-0.39, 0.29) is 35.3 Å². The van der Waals surface area contributed by atoms with E-state index in [4.69, 9.17) is 18.9 Å². The molecule has 242 valence electrons. The van der Waals surface area contributed by atoms with Gasteiger partial charge in [0, 0.05) is 12.5 Å². The fourth-order valence-electron chi connectivity index (χ4n) is 4.10. The van der Waals surface area contributed by atoms with Crippen LogP contribution in [0.25, 0.3) is 16.9 Å². The van der Waals surface area contributed by atoms with Crippen molar-refractivity contribution in [2.24, 2.45) is 5.92 Å². The van der Waals surface area contributed by atoms with Gasteiger partial charge in [-0.1, -0.05) is 43.7 Å². The van der Waals surface area contributed by atoms with Crippen LogP contribution in [-0.2, 0) is 30.5 Å². The van der Waals surface area contributed by atoms with E-state index >= 15 is 0 Å². The first-order valence-electron chi connectivity index (χ1n) is 13.6. The van der Waals surface area contributed by atoms with Crippen LogP contribution in [0.5, 0.6) is 0 Å². The Morgan fingerprint density at radius 2 is 1.69 bits per heavy atom. The number of rotatable bonds is 10. The van der Waals surface area contributed by atoms with Crippen LogP contribution in [0.15, 0.2) is 64.1 Å². The van der Waals surface area contributed by atoms with Crippen molar-refractivity contribution in [2.45, 2.75) is 51.2 Å². The number of amides is 1. The molecule has 0 saturated carbocycles. The first kappa shape index (κ1) is 31.6. The maximum atomic E-state index is 13.5. The Hall–Kier alpha value is -4.87. The average Bonchev–Trinajstić information content (AvgIpc) is 3.51. The molecule has 1 aliphatic rings. The molecule has 0 aliphatic carbocycles. The Morgan fingerprint density at radius 1 is 1.04 bits per heavy atom. The van der Waals surface area contributed by atoms with Crippen LogP contribution < -0.4 is 14.6 Å². The van der Waals surface area contributed by atoms with Gasteiger partial charge < -0.3 is 14.3 Å². The van der Waals surface area contributed by atoms with Crippen molar-refractivity contribution in [3.8, 4) is 16.9 Å². The molecule has 1 atom stereocenters. The van der Waals surface area contributed by atoms with Crippen LogP contribution in [0.4, 0.5) is 18.0 Å². The number of halogens is 3. The van der Waals surface area contributed by atoms with E-state index < -0.39 is 46.4 Å². The number of carbonyl (C=O) groups excluding carboxylic acids is 2. The standard InChI is InChI=1S/C27H29F3N6O8S/c1-16(2)25(37)41-18(4)43-36-35(44-36)33-14-21(15-33)42-26(38)32-45(39,40)22-11-9-20(10-12-22)34-23(13-24(31-34)27(28,29)30)19-7-5-17(3)6-8-19/h5-13,16,18,21H,14-15H2,1-4H3,(H,32,38). The molecule has 18 heteroatoms. The number of hydrogen-bond donors (Lipinski definition) is 1. The predicted octanol–water partition coefficient (Wildman–Crippen LogP) is 3.47. The summed E-state index contributed by atoms with van der Waals surface area (Å²) in [4.78, 5) is 30.1. The van der Waals surface area contributed by atoms with Gasteiger partial charge in [-0.25, -0.2) is 22.6 Å². The largest absolute Gasteiger partial charge is 0.442 e. The minimum atomic E-state index is -4.70. The molecule has 1 saturated heterocycles. The zero-order valence-electron chi connectivity index (χ0n) is 24.4. The molecular formula is C27H29F3N6O8S. The summed E-state index contributed by atoms with van der Waals surface area (Å²) in [5.74, 6) is -0.783. The topological polar surface area (TPSA) is 152 Å². The number of sulfonamides is 1. The number of ether oxygens (including phenoxy) is 2. The minimum absolute atomic E-state index is 0.148. The van der Waals surface area contributed by atoms with Crippen LogP contribution in [0.2, 0.25) is 0 Å². The normalized spacial score (nSPS) is 14.7. The lowest BCUT2D eigenvalue weighted by atomic mass is 10.1. The Bertz CT molecular complexity index is 1760. The highest BCUT2D eigenvalue weighted by atomic mass is 32.2. The number of nitrogens with zero attached hydrogens (tertiary/aromatic N) is 5. The molecular weight excluding hydrogens is 625 g/mol. The molecule has 0 bridgehead atoms. The molecule has 2 aromatic carbocycles. The van der Waals surface area contributed by atoms with Crippen LogP contribution >= 0.6 is 0 Å². The third kappa shape index (κ3) is 7.27. The van der Waals surface area contributed by atoms with Gasteiger partial charge in [0.2, 0.25) is 0 Å². The van der Waals surface area contributed by atoms with E-state index in [9.17, 15) is 31.2 Å². The Balaban J connectivity index is 1.17. The summed E-state index contributed by atoms with van der Waals surface area (Å²) in [7, 11) is -4.38. The zero-order valence-corrected chi connectivity index (χ0v) is 25.2. The molecule has 1 amide bonds. The van der Waals surface area contributed by atoms with E-state index in [0.29, 0.717) is 5.56 Å². The third-order valence-electron chi connectivity index (χ3n) is 6.55. The number of aryl methyl sites for hydroxylation is 1. The maximum absolute atomic E-state index is 13.5. The molecule has 14 nitrogen and oxygen atoms in total. The van der Waals surface area contributed by atoms with Crippen LogP contribution in [0.3, 0.4) is 0 Å². The smallest absolute Gasteiger partial charge is 0.435 e. The molecule has 4 aromatic rings. The quantitative estimate of drug-likeness (QED) is 0.199. The van der Waals surface area contributed by atoms with Gasteiger partial charge in [0.25, 0.3) is 16.3 Å². The molecule has 1 unspecified atom stereocenters. The van der Waals surface area contributed by atoms with E-state index in [1.807, 2.05) is 11.6 Å². The fourth-order valence-corrected chi connectivity index (χ4v) is 4.98. The number of nitrogens with one attached hydrogen (secondary N) is 1. The second kappa shape index (κ2) is 11.9. The van der Waals surface area contributed by atoms with Gasteiger partial charge in [0.15, 0.2) is 5.69 Å². The van der Waals surface area contributed by atoms with Gasteiger partial charge in [0.1, 0.15) is 11.1 Å². The molecule has 0 spiro atoms. The van der Waals surface area contributed by atoms with Crippen molar-refractivity contribution in [1.82, 2.24) is 24.5 Å². The van der Waals surface area contributed by atoms with E-state index in [1.54, 1.807) is 43.1 Å². The van der Waals surface area contributed by atoms with E-state index in [0.717, 1.165) is 33.5 Å². The van der Waals surface area contributed by atoms with E-state index in [1.165, 1.54) is 24.0 Å². The number of esters is 1. The SMILES string of the molecule is Cc1ccc(-c2cc(C(F)(F)F)nn2-c2ccc(S(=O)(=O)NC(=O)OC3CN(n4on4OC(C)OC(=O)C(C)C)C3)cc2)cc1. The van der Waals surface area contributed by atoms with Gasteiger partial charge in [-0.2, -0.15) is 22.9 Å². The monoisotopic (exact) mass is 654 g/mol. The molecule has 0 radical (unpaired) electrons. The third-order valence-corrected chi connectivity index (χ3v) is 7.88. The molecule has 3 heterocycles. The van der Waals surface area contributed by atoms with Gasteiger partial charge in [-0.05, 0) is 37.3 Å². The minimum Gasteiger partial charge on any atom is -0.442 e. The lowest BCUT2D eigenvalue weighted by Crippen LogP contribution is -2.58. The van der Waals surface area contributed by atoms with Crippen LogP contribution in [-0.4, -0.2) is 65.7 Å². The summed E-state index contributed by atoms with van der Waals surface area (Å²) in [6, 6.07) is 12.5. The lowest BCUT2D eigenvalue weighted by Gasteiger charge is -2.34. The molecule has 45 heavy (non-hydrogen) atoms. The molecule has 1 N–H and O–H groups in total. The highest BCUT2D eigenvalue weighted by Gasteiger charge is 2.38. The molecule has 2 aromatic heterocycles. The van der Waals surface area contributed by atoms with Crippen molar-refractivity contribution in [1.29, 1.82) is 0 Å². The van der Waals surface area contributed by atoms with Crippen LogP contribution in [0.1, 0.15) is 32.0 Å². The van der Waals surface area contributed by atoms with Gasteiger partial charge in [-0.15, -0.1) is 0 Å². The number of carbonyl (C=O) groups is 2. The highest BCUT2D eigenvalue weighted by molar-refractivity contribution is 7.90. The van der Waals surface area contributed by atoms with Crippen LogP contribution in [0, 0.1) is 12.8 Å². The highest BCUT2D eigenvalue weighted by Crippen LogP contribution is 2.33. The lowest BCUT2D eigenvalue weighted by molar-refractivity contribution is -0.184. The second-order valence-electron chi connectivity index (χ2n) is 10.5. The average molecular weight is 655 g/mol. The number of aromatic nitrogens is 4. The number of alkyl halides is 3. The summed E-state index contributed by atoms with van der Waals surface area (Å²) in [6.07, 6.45) is -7.52. The second-order valence-corrected chi connectivity index (χ2v) is 12.2. The van der Waals surface area contributed by atoms with Crippen molar-refractivity contribution >= 4 is 22.1 Å². The van der Waals surface area contributed by atoms with Crippen molar-refractivity contribution in [3.05, 3.63) is 65.9 Å². The summed E-state index contributed by atoms with van der Waals surface area (Å²) < 4.78 is 84.2. The summed E-state index contributed by atoms with van der Waals surface area (Å²) in [6.45, 7) is 7.00. The molecule has 1 aliphatic heterocycles. The first-order chi connectivity index (χ1) is 21.1. The summed E-state index contributed by atoms with van der Waals surface area (Å²) in [5.41, 5.74) is 0.604.